The van der Waals surface area contributed by atoms with Gasteiger partial charge >= 0.3 is 0 Å². The number of hydrogen-bond acceptors (Lipinski definition) is 4. The zero-order valence-electron chi connectivity index (χ0n) is 13.1. The molecule has 116 valence electrons. The first-order chi connectivity index (χ1) is 10.6. The summed E-state index contributed by atoms with van der Waals surface area (Å²) >= 11 is 0. The number of nitrogens with zero attached hydrogens (tertiary/aromatic N) is 2. The monoisotopic (exact) mass is 300 g/mol. The molecule has 2 aromatic rings. The van der Waals surface area contributed by atoms with Crippen molar-refractivity contribution in [3.8, 4) is 5.75 Å². The van der Waals surface area contributed by atoms with Crippen molar-refractivity contribution >= 4 is 16.8 Å². The summed E-state index contributed by atoms with van der Waals surface area (Å²) in [4.78, 5) is 19.2. The second kappa shape index (κ2) is 5.93. The molecule has 1 aliphatic heterocycles. The highest BCUT2D eigenvalue weighted by atomic mass is 16.5. The van der Waals surface area contributed by atoms with Gasteiger partial charge in [0.25, 0.3) is 5.91 Å². The summed E-state index contributed by atoms with van der Waals surface area (Å²) < 4.78 is 10.7. The summed E-state index contributed by atoms with van der Waals surface area (Å²) in [5.74, 6) is 0.779. The van der Waals surface area contributed by atoms with Crippen molar-refractivity contribution < 1.29 is 14.3 Å². The van der Waals surface area contributed by atoms with Crippen molar-refractivity contribution in [3.63, 3.8) is 0 Å². The van der Waals surface area contributed by atoms with Crippen molar-refractivity contribution in [3.05, 3.63) is 35.5 Å². The van der Waals surface area contributed by atoms with Gasteiger partial charge in [0.2, 0.25) is 0 Å². The smallest absolute Gasteiger partial charge is 0.255 e. The fraction of sp³-hybridized carbons (Fsp3) is 0.412. The standard InChI is InChI=1S/C17H20N2O3/c1-11-10-19(6-7-22-11)17(20)15-9-13-8-14(21-3)4-5-16(13)18-12(15)2/h4-5,8-9,11H,6-7,10H2,1-3H3/t11-/m0/s1. The van der Waals surface area contributed by atoms with Crippen LogP contribution in [0.15, 0.2) is 24.3 Å². The third-order valence-electron chi connectivity index (χ3n) is 3.97. The van der Waals surface area contributed by atoms with Crippen LogP contribution in [0.5, 0.6) is 5.75 Å². The Bertz CT molecular complexity index is 714. The molecule has 5 nitrogen and oxygen atoms in total. The quantitative estimate of drug-likeness (QED) is 0.854. The highest BCUT2D eigenvalue weighted by molar-refractivity contribution is 5.98. The van der Waals surface area contributed by atoms with Crippen LogP contribution in [0, 0.1) is 6.92 Å². The van der Waals surface area contributed by atoms with Gasteiger partial charge in [0.1, 0.15) is 5.75 Å². The van der Waals surface area contributed by atoms with Crippen LogP contribution in [-0.4, -0.2) is 48.7 Å². The predicted molar refractivity (Wildman–Crippen MR) is 84.3 cm³/mol. The number of carbonyl (C=O) groups excluding carboxylic acids is 1. The Morgan fingerprint density at radius 1 is 1.41 bits per heavy atom. The average Bonchev–Trinajstić information content (AvgIpc) is 2.53. The number of aromatic nitrogens is 1. The maximum Gasteiger partial charge on any atom is 0.255 e. The van der Waals surface area contributed by atoms with E-state index in [0.29, 0.717) is 25.3 Å². The van der Waals surface area contributed by atoms with Gasteiger partial charge in [-0.1, -0.05) is 0 Å². The van der Waals surface area contributed by atoms with E-state index in [1.54, 1.807) is 7.11 Å². The second-order valence-electron chi connectivity index (χ2n) is 5.61. The third kappa shape index (κ3) is 2.76. The van der Waals surface area contributed by atoms with Crippen molar-refractivity contribution in [2.75, 3.05) is 26.8 Å². The van der Waals surface area contributed by atoms with E-state index in [0.717, 1.165) is 22.3 Å². The molecule has 1 amide bonds. The Morgan fingerprint density at radius 2 is 2.23 bits per heavy atom. The third-order valence-corrected chi connectivity index (χ3v) is 3.97. The molecule has 0 spiro atoms. The zero-order chi connectivity index (χ0) is 15.7. The van der Waals surface area contributed by atoms with Gasteiger partial charge in [0.05, 0.1) is 36.6 Å². The first kappa shape index (κ1) is 14.8. The second-order valence-corrected chi connectivity index (χ2v) is 5.61. The maximum absolute atomic E-state index is 12.8. The summed E-state index contributed by atoms with van der Waals surface area (Å²) in [6.45, 7) is 5.69. The molecule has 0 saturated carbocycles. The normalized spacial score (nSPS) is 18.5. The van der Waals surface area contributed by atoms with Gasteiger partial charge in [-0.05, 0) is 38.1 Å². The maximum atomic E-state index is 12.8. The molecule has 1 aromatic carbocycles. The Labute approximate surface area is 129 Å². The number of ether oxygens (including phenoxy) is 2. The summed E-state index contributed by atoms with van der Waals surface area (Å²) in [6.07, 6.45) is 0.0755. The minimum atomic E-state index is 0.0184. The van der Waals surface area contributed by atoms with Crippen LogP contribution in [0.4, 0.5) is 0 Å². The van der Waals surface area contributed by atoms with E-state index in [1.165, 1.54) is 0 Å². The number of amides is 1. The number of methoxy groups -OCH3 is 1. The minimum absolute atomic E-state index is 0.0184. The lowest BCUT2D eigenvalue weighted by Crippen LogP contribution is -2.44. The minimum Gasteiger partial charge on any atom is -0.497 e. The number of aryl methyl sites for hydroxylation is 1. The summed E-state index contributed by atoms with van der Waals surface area (Å²) in [5.41, 5.74) is 2.27. The van der Waals surface area contributed by atoms with E-state index < -0.39 is 0 Å². The molecule has 0 unspecified atom stereocenters. The molecular weight excluding hydrogens is 280 g/mol. The molecule has 1 aliphatic rings. The van der Waals surface area contributed by atoms with Gasteiger partial charge in [0.15, 0.2) is 0 Å². The average molecular weight is 300 g/mol. The Hall–Kier alpha value is -2.14. The number of rotatable bonds is 2. The first-order valence-corrected chi connectivity index (χ1v) is 7.45. The number of morpholine rings is 1. The lowest BCUT2D eigenvalue weighted by molar-refractivity contribution is -0.0124. The number of pyridine rings is 1. The van der Waals surface area contributed by atoms with Gasteiger partial charge in [0, 0.05) is 18.5 Å². The van der Waals surface area contributed by atoms with E-state index in [2.05, 4.69) is 4.98 Å². The van der Waals surface area contributed by atoms with Crippen molar-refractivity contribution in [2.24, 2.45) is 0 Å². The molecule has 0 bridgehead atoms. The highest BCUT2D eigenvalue weighted by Crippen LogP contribution is 2.23. The molecular formula is C17H20N2O3. The van der Waals surface area contributed by atoms with Crippen LogP contribution < -0.4 is 4.74 Å². The number of fused-ring (bicyclic) bond motifs is 1. The van der Waals surface area contributed by atoms with Crippen LogP contribution >= 0.6 is 0 Å². The van der Waals surface area contributed by atoms with E-state index in [1.807, 2.05) is 43.0 Å². The molecule has 5 heteroatoms. The largest absolute Gasteiger partial charge is 0.497 e. The van der Waals surface area contributed by atoms with E-state index in [9.17, 15) is 4.79 Å². The fourth-order valence-electron chi connectivity index (χ4n) is 2.77. The molecule has 3 rings (SSSR count). The Kier molecular flexibility index (Phi) is 3.98. The number of carbonyl (C=O) groups is 1. The Morgan fingerprint density at radius 3 is 2.95 bits per heavy atom. The first-order valence-electron chi connectivity index (χ1n) is 7.45. The van der Waals surface area contributed by atoms with E-state index in [4.69, 9.17) is 9.47 Å². The molecule has 0 radical (unpaired) electrons. The topological polar surface area (TPSA) is 51.7 Å². The van der Waals surface area contributed by atoms with Crippen molar-refractivity contribution in [1.29, 1.82) is 0 Å². The number of benzene rings is 1. The van der Waals surface area contributed by atoms with Gasteiger partial charge in [-0.3, -0.25) is 9.78 Å². The predicted octanol–water partition coefficient (Wildman–Crippen LogP) is 2.41. The molecule has 0 aliphatic carbocycles. The lowest BCUT2D eigenvalue weighted by atomic mass is 10.1. The van der Waals surface area contributed by atoms with Crippen LogP contribution in [0.1, 0.15) is 23.0 Å². The summed E-state index contributed by atoms with van der Waals surface area (Å²) in [5, 5.41) is 0.912. The lowest BCUT2D eigenvalue weighted by Gasteiger charge is -2.31. The molecule has 1 atom stereocenters. The molecule has 0 N–H and O–H groups in total. The highest BCUT2D eigenvalue weighted by Gasteiger charge is 2.24. The molecule has 1 fully saturated rings. The molecule has 1 saturated heterocycles. The van der Waals surface area contributed by atoms with Crippen LogP contribution in [0.25, 0.3) is 10.9 Å². The van der Waals surface area contributed by atoms with E-state index in [-0.39, 0.29) is 12.0 Å². The zero-order valence-corrected chi connectivity index (χ0v) is 13.1. The van der Waals surface area contributed by atoms with Gasteiger partial charge in [-0.2, -0.15) is 0 Å². The summed E-state index contributed by atoms with van der Waals surface area (Å²) in [7, 11) is 1.63. The number of hydrogen-bond donors (Lipinski definition) is 0. The molecule has 22 heavy (non-hydrogen) atoms. The van der Waals surface area contributed by atoms with Crippen LogP contribution in [0.3, 0.4) is 0 Å². The SMILES string of the molecule is COc1ccc2nc(C)c(C(=O)N3CCO[C@@H](C)C3)cc2c1. The van der Waals surface area contributed by atoms with Gasteiger partial charge in [-0.25, -0.2) is 0 Å². The van der Waals surface area contributed by atoms with Gasteiger partial charge < -0.3 is 14.4 Å². The Balaban J connectivity index is 1.98. The summed E-state index contributed by atoms with van der Waals surface area (Å²) in [6, 6.07) is 7.59. The molecule has 2 heterocycles. The van der Waals surface area contributed by atoms with E-state index >= 15 is 0 Å². The van der Waals surface area contributed by atoms with Crippen molar-refractivity contribution in [1.82, 2.24) is 9.88 Å². The van der Waals surface area contributed by atoms with Crippen molar-refractivity contribution in [2.45, 2.75) is 20.0 Å². The molecule has 1 aromatic heterocycles. The fourth-order valence-corrected chi connectivity index (χ4v) is 2.77. The van der Waals surface area contributed by atoms with Gasteiger partial charge in [-0.15, -0.1) is 0 Å². The van der Waals surface area contributed by atoms with Crippen LogP contribution in [0.2, 0.25) is 0 Å². The van der Waals surface area contributed by atoms with Crippen LogP contribution in [-0.2, 0) is 4.74 Å².